The Morgan fingerprint density at radius 3 is 2.29 bits per heavy atom. The van der Waals surface area contributed by atoms with E-state index in [4.69, 9.17) is 4.84 Å². The van der Waals surface area contributed by atoms with E-state index >= 15 is 0 Å². The molecule has 212 valence electrons. The van der Waals surface area contributed by atoms with E-state index in [1.54, 1.807) is 30.3 Å². The second-order valence-electron chi connectivity index (χ2n) is 9.61. The quantitative estimate of drug-likeness (QED) is 0.171. The minimum Gasteiger partial charge on any atom is -0.478 e. The number of nitrogens with one attached hydrogen (secondary N) is 3. The van der Waals surface area contributed by atoms with Gasteiger partial charge in [0.15, 0.2) is 9.84 Å². The van der Waals surface area contributed by atoms with Gasteiger partial charge in [0.05, 0.1) is 40.6 Å². The van der Waals surface area contributed by atoms with Crippen molar-refractivity contribution >= 4 is 50.3 Å². The molecule has 0 aliphatic carbocycles. The Bertz CT molecular complexity index is 1610. The van der Waals surface area contributed by atoms with Gasteiger partial charge in [0.1, 0.15) is 0 Å². The van der Waals surface area contributed by atoms with Gasteiger partial charge >= 0.3 is 5.97 Å². The predicted octanol–water partition coefficient (Wildman–Crippen LogP) is 2.71. The number of hydrogen-bond acceptors (Lipinski definition) is 8. The fraction of sp³-hybridized carbons (Fsp3) is 0.207. The number of nitrogens with zero attached hydrogens (tertiary/aromatic N) is 1. The molecule has 11 nitrogen and oxygen atoms in total. The van der Waals surface area contributed by atoms with Gasteiger partial charge in [-0.1, -0.05) is 36.4 Å². The molecule has 3 aromatic rings. The number of benzene rings is 3. The van der Waals surface area contributed by atoms with Crippen LogP contribution >= 0.6 is 0 Å². The topological polar surface area (TPSA) is 154 Å². The molecule has 0 atom stereocenters. The highest BCUT2D eigenvalue weighted by atomic mass is 32.2. The molecular formula is C29H28N4O7S. The Morgan fingerprint density at radius 2 is 1.61 bits per heavy atom. The standard InChI is InChI=1S/C29H28N4O7S/c34-27(32-40-15-12-33-13-16-41(38,39)17-14-33)20-6-9-22(10-7-20)30-26(19-4-2-1-3-5-19)25-23-11-8-21(29(36)37)18-24(23)31-28(25)35/h1-11,18,30H,12-17H2,(H,31,35)(H,32,34)(H,36,37). The molecule has 1 fully saturated rings. The Kier molecular flexibility index (Phi) is 8.15. The molecule has 0 spiro atoms. The van der Waals surface area contributed by atoms with Crippen molar-refractivity contribution in [1.29, 1.82) is 0 Å². The number of carboxylic acids is 1. The second-order valence-corrected chi connectivity index (χ2v) is 11.9. The number of carboxylic acid groups (broad SMARTS) is 1. The summed E-state index contributed by atoms with van der Waals surface area (Å²) in [7, 11) is -2.95. The maximum absolute atomic E-state index is 13.1. The lowest BCUT2D eigenvalue weighted by molar-refractivity contribution is -0.110. The number of fused-ring (bicyclic) bond motifs is 1. The van der Waals surface area contributed by atoms with Crippen LogP contribution in [0.5, 0.6) is 0 Å². The van der Waals surface area contributed by atoms with Gasteiger partial charge in [-0.3, -0.25) is 19.3 Å². The molecular weight excluding hydrogens is 548 g/mol. The zero-order valence-electron chi connectivity index (χ0n) is 21.9. The molecule has 0 radical (unpaired) electrons. The summed E-state index contributed by atoms with van der Waals surface area (Å²) in [5, 5.41) is 15.4. The number of amides is 2. The number of rotatable bonds is 9. The fourth-order valence-corrected chi connectivity index (χ4v) is 5.89. The first kappa shape index (κ1) is 28.0. The third-order valence-electron chi connectivity index (χ3n) is 6.85. The van der Waals surface area contributed by atoms with E-state index < -0.39 is 21.7 Å². The van der Waals surface area contributed by atoms with Crippen molar-refractivity contribution < 1.29 is 32.7 Å². The van der Waals surface area contributed by atoms with Gasteiger partial charge in [-0.2, -0.15) is 0 Å². The average Bonchev–Trinajstić information content (AvgIpc) is 3.30. The summed E-state index contributed by atoms with van der Waals surface area (Å²) in [6.45, 7) is 1.62. The fourth-order valence-electron chi connectivity index (χ4n) is 4.61. The largest absolute Gasteiger partial charge is 0.478 e. The third-order valence-corrected chi connectivity index (χ3v) is 8.46. The predicted molar refractivity (Wildman–Crippen MR) is 154 cm³/mol. The molecule has 2 amide bonds. The van der Waals surface area contributed by atoms with Crippen LogP contribution in [0.3, 0.4) is 0 Å². The first-order chi connectivity index (χ1) is 19.7. The van der Waals surface area contributed by atoms with E-state index in [1.807, 2.05) is 35.2 Å². The lowest BCUT2D eigenvalue weighted by atomic mass is 9.99. The number of hydroxylamine groups is 1. The maximum atomic E-state index is 13.1. The Balaban J connectivity index is 1.28. The lowest BCUT2D eigenvalue weighted by Gasteiger charge is -2.26. The molecule has 0 aromatic heterocycles. The molecule has 5 rings (SSSR count). The van der Waals surface area contributed by atoms with Crippen LogP contribution in [0.25, 0.3) is 11.3 Å². The number of sulfone groups is 1. The Labute approximate surface area is 236 Å². The van der Waals surface area contributed by atoms with Gasteiger partial charge in [-0.15, -0.1) is 0 Å². The van der Waals surface area contributed by atoms with E-state index in [-0.39, 0.29) is 29.6 Å². The van der Waals surface area contributed by atoms with Crippen molar-refractivity contribution in [2.75, 3.05) is 48.4 Å². The molecule has 3 aromatic carbocycles. The number of carbonyl (C=O) groups is 3. The first-order valence-electron chi connectivity index (χ1n) is 12.9. The molecule has 0 bridgehead atoms. The van der Waals surface area contributed by atoms with Crippen molar-refractivity contribution in [3.05, 3.63) is 95.1 Å². The highest BCUT2D eigenvalue weighted by Gasteiger charge is 2.29. The maximum Gasteiger partial charge on any atom is 0.335 e. The van der Waals surface area contributed by atoms with Crippen molar-refractivity contribution in [3.63, 3.8) is 0 Å². The van der Waals surface area contributed by atoms with E-state index in [2.05, 4.69) is 16.1 Å². The summed E-state index contributed by atoms with van der Waals surface area (Å²) in [5.74, 6) is -1.63. The van der Waals surface area contributed by atoms with Gasteiger partial charge in [0.25, 0.3) is 11.8 Å². The number of carbonyl (C=O) groups excluding carboxylic acids is 2. The minimum atomic E-state index is -2.95. The molecule has 0 unspecified atom stereocenters. The molecule has 1 saturated heterocycles. The van der Waals surface area contributed by atoms with Gasteiger partial charge in [0, 0.05) is 36.4 Å². The molecule has 2 aliphatic heterocycles. The second kappa shape index (κ2) is 11.9. The molecule has 0 saturated carbocycles. The summed E-state index contributed by atoms with van der Waals surface area (Å²) in [4.78, 5) is 44.3. The van der Waals surface area contributed by atoms with Crippen molar-refractivity contribution in [1.82, 2.24) is 10.4 Å². The van der Waals surface area contributed by atoms with Crippen molar-refractivity contribution in [3.8, 4) is 0 Å². The van der Waals surface area contributed by atoms with Crippen LogP contribution in [0.15, 0.2) is 72.8 Å². The summed E-state index contributed by atoms with van der Waals surface area (Å²) in [6, 6.07) is 20.4. The van der Waals surface area contributed by atoms with Crippen LogP contribution in [0.4, 0.5) is 11.4 Å². The molecule has 41 heavy (non-hydrogen) atoms. The minimum absolute atomic E-state index is 0.0688. The van der Waals surface area contributed by atoms with Crippen molar-refractivity contribution in [2.45, 2.75) is 0 Å². The van der Waals surface area contributed by atoms with Crippen LogP contribution in [0.1, 0.15) is 31.8 Å². The Hall–Kier alpha value is -4.52. The summed E-state index contributed by atoms with van der Waals surface area (Å²) in [5.41, 5.74) is 6.08. The van der Waals surface area contributed by atoms with Crippen LogP contribution < -0.4 is 16.1 Å². The van der Waals surface area contributed by atoms with E-state index in [0.29, 0.717) is 53.4 Å². The highest BCUT2D eigenvalue weighted by Crippen LogP contribution is 2.38. The molecule has 4 N–H and O–H groups in total. The first-order valence-corrected chi connectivity index (χ1v) is 14.7. The zero-order chi connectivity index (χ0) is 29.0. The SMILES string of the molecule is O=C1Nc2cc(C(=O)O)ccc2C1=C(Nc1ccc(C(=O)NOCCN2CCS(=O)(=O)CC2)cc1)c1ccccc1. The summed E-state index contributed by atoms with van der Waals surface area (Å²) < 4.78 is 23.1. The van der Waals surface area contributed by atoms with Gasteiger partial charge in [-0.05, 0) is 42.0 Å². The summed E-state index contributed by atoms with van der Waals surface area (Å²) >= 11 is 0. The molecule has 2 aliphatic rings. The monoisotopic (exact) mass is 576 g/mol. The lowest BCUT2D eigenvalue weighted by Crippen LogP contribution is -2.42. The Morgan fingerprint density at radius 1 is 0.927 bits per heavy atom. The van der Waals surface area contributed by atoms with Crippen LogP contribution in [-0.2, 0) is 19.5 Å². The number of aromatic carboxylic acids is 1. The number of anilines is 2. The van der Waals surface area contributed by atoms with Crippen LogP contribution in [-0.4, -0.2) is 74.0 Å². The molecule has 2 heterocycles. The normalized spacial score (nSPS) is 17.3. The van der Waals surface area contributed by atoms with E-state index in [9.17, 15) is 27.9 Å². The van der Waals surface area contributed by atoms with E-state index in [0.717, 1.165) is 5.56 Å². The van der Waals surface area contributed by atoms with Gasteiger partial charge < -0.3 is 15.7 Å². The van der Waals surface area contributed by atoms with Crippen molar-refractivity contribution in [2.24, 2.45) is 0 Å². The summed E-state index contributed by atoms with van der Waals surface area (Å²) in [6.07, 6.45) is 0. The van der Waals surface area contributed by atoms with Gasteiger partial charge in [0.2, 0.25) is 0 Å². The smallest absolute Gasteiger partial charge is 0.335 e. The van der Waals surface area contributed by atoms with Crippen LogP contribution in [0.2, 0.25) is 0 Å². The zero-order valence-corrected chi connectivity index (χ0v) is 22.7. The highest BCUT2D eigenvalue weighted by molar-refractivity contribution is 7.91. The van der Waals surface area contributed by atoms with E-state index in [1.165, 1.54) is 12.1 Å². The average molecular weight is 577 g/mol. The third kappa shape index (κ3) is 6.62. The van der Waals surface area contributed by atoms with Gasteiger partial charge in [-0.25, -0.2) is 18.7 Å². The molecule has 12 heteroatoms. The number of hydrogen-bond donors (Lipinski definition) is 4. The van der Waals surface area contributed by atoms with Crippen LogP contribution in [0, 0.1) is 0 Å².